The lowest BCUT2D eigenvalue weighted by atomic mass is 9.98. The largest absolute Gasteiger partial charge is 0.495 e. The van der Waals surface area contributed by atoms with Crippen molar-refractivity contribution in [3.8, 4) is 5.75 Å². The quantitative estimate of drug-likeness (QED) is 0.266. The van der Waals surface area contributed by atoms with Crippen LogP contribution in [0.2, 0.25) is 0 Å². The Morgan fingerprint density at radius 2 is 1.73 bits per heavy atom. The molecule has 154 valence electrons. The van der Waals surface area contributed by atoms with Crippen molar-refractivity contribution in [2.45, 2.75) is 10.9 Å². The van der Waals surface area contributed by atoms with Crippen LogP contribution in [0, 0.1) is 10.1 Å². The maximum absolute atomic E-state index is 13.2. The summed E-state index contributed by atoms with van der Waals surface area (Å²) >= 11 is 4.77. The molecular weight excluding hydrogens is 468 g/mol. The molecule has 0 aliphatic heterocycles. The molecule has 1 atom stereocenters. The highest BCUT2D eigenvalue weighted by Gasteiger charge is 2.26. The smallest absolute Gasteiger partial charge is 0.285 e. The molecule has 1 N–H and O–H groups in total. The van der Waals surface area contributed by atoms with Gasteiger partial charge in [-0.05, 0) is 35.6 Å². The molecule has 0 aliphatic carbocycles. The molecule has 3 aromatic rings. The standard InChI is InChI=1S/C22H19BrN2O4S/c1-29-19-13-18(25(27)28)17(12-20(19)30-2)22(26)24-21(14-6-4-3-5-7-14)15-8-10-16(23)11-9-15/h3-13,21H,1-2H3,(H,24,26). The van der Waals surface area contributed by atoms with Crippen LogP contribution in [0.4, 0.5) is 5.69 Å². The third kappa shape index (κ3) is 4.83. The van der Waals surface area contributed by atoms with Crippen LogP contribution in [0.5, 0.6) is 5.75 Å². The summed E-state index contributed by atoms with van der Waals surface area (Å²) in [6, 6.07) is 19.4. The Labute approximate surface area is 186 Å². The van der Waals surface area contributed by atoms with Gasteiger partial charge in [-0.2, -0.15) is 0 Å². The lowest BCUT2D eigenvalue weighted by molar-refractivity contribution is -0.385. The highest BCUT2D eigenvalue weighted by molar-refractivity contribution is 9.10. The first-order chi connectivity index (χ1) is 14.4. The van der Waals surface area contributed by atoms with Gasteiger partial charge in [0.15, 0.2) is 0 Å². The number of nitro benzene ring substituents is 1. The van der Waals surface area contributed by atoms with E-state index in [1.54, 1.807) is 0 Å². The second-order valence-electron chi connectivity index (χ2n) is 6.35. The lowest BCUT2D eigenvalue weighted by Crippen LogP contribution is -2.30. The number of benzene rings is 3. The zero-order chi connectivity index (χ0) is 21.7. The normalized spacial score (nSPS) is 11.6. The first kappa shape index (κ1) is 21.9. The number of thioether (sulfide) groups is 1. The number of carbonyl (C=O) groups is 1. The number of amides is 1. The maximum Gasteiger partial charge on any atom is 0.285 e. The molecule has 0 spiro atoms. The lowest BCUT2D eigenvalue weighted by Gasteiger charge is -2.20. The van der Waals surface area contributed by atoms with Crippen LogP contribution in [0.3, 0.4) is 0 Å². The SMILES string of the molecule is COc1cc([N+](=O)[O-])c(C(=O)NC(c2ccccc2)c2ccc(Br)cc2)cc1SC. The Bertz CT molecular complexity index is 1060. The molecule has 0 bridgehead atoms. The summed E-state index contributed by atoms with van der Waals surface area (Å²) < 4.78 is 6.15. The highest BCUT2D eigenvalue weighted by Crippen LogP contribution is 2.35. The Balaban J connectivity index is 2.04. The molecule has 3 rings (SSSR count). The van der Waals surface area contributed by atoms with Crippen molar-refractivity contribution < 1.29 is 14.5 Å². The zero-order valence-corrected chi connectivity index (χ0v) is 18.7. The van der Waals surface area contributed by atoms with Gasteiger partial charge in [0.1, 0.15) is 11.3 Å². The van der Waals surface area contributed by atoms with Crippen LogP contribution in [0.15, 0.2) is 76.1 Å². The fourth-order valence-corrected chi connectivity index (χ4v) is 3.91. The van der Waals surface area contributed by atoms with Crippen molar-refractivity contribution in [3.05, 3.63) is 98.0 Å². The molecule has 0 fully saturated rings. The summed E-state index contributed by atoms with van der Waals surface area (Å²) in [4.78, 5) is 24.9. The van der Waals surface area contributed by atoms with Gasteiger partial charge in [0.05, 0.1) is 29.0 Å². The molecule has 0 aliphatic rings. The number of hydrogen-bond acceptors (Lipinski definition) is 5. The minimum absolute atomic E-state index is 0.0109. The average molecular weight is 487 g/mol. The van der Waals surface area contributed by atoms with E-state index in [4.69, 9.17) is 4.74 Å². The topological polar surface area (TPSA) is 81.5 Å². The summed E-state index contributed by atoms with van der Waals surface area (Å²) in [7, 11) is 1.44. The molecule has 0 radical (unpaired) electrons. The minimum Gasteiger partial charge on any atom is -0.495 e. The van der Waals surface area contributed by atoms with Crippen LogP contribution in [-0.4, -0.2) is 24.2 Å². The van der Waals surface area contributed by atoms with Gasteiger partial charge in [-0.25, -0.2) is 0 Å². The molecule has 8 heteroatoms. The van der Waals surface area contributed by atoms with Crippen LogP contribution in [0.1, 0.15) is 27.5 Å². The number of nitro groups is 1. The maximum atomic E-state index is 13.2. The van der Waals surface area contributed by atoms with E-state index in [-0.39, 0.29) is 11.3 Å². The predicted octanol–water partition coefficient (Wildman–Crippen LogP) is 5.61. The molecule has 0 heterocycles. The summed E-state index contributed by atoms with van der Waals surface area (Å²) in [6.07, 6.45) is 1.82. The van der Waals surface area contributed by atoms with Crippen molar-refractivity contribution in [1.82, 2.24) is 5.32 Å². The Hall–Kier alpha value is -2.84. The van der Waals surface area contributed by atoms with Gasteiger partial charge < -0.3 is 10.1 Å². The van der Waals surface area contributed by atoms with Gasteiger partial charge in [0.25, 0.3) is 11.6 Å². The fourth-order valence-electron chi connectivity index (χ4n) is 3.07. The number of nitrogens with one attached hydrogen (secondary N) is 1. The van der Waals surface area contributed by atoms with E-state index in [9.17, 15) is 14.9 Å². The number of carbonyl (C=O) groups excluding carboxylic acids is 1. The van der Waals surface area contributed by atoms with E-state index in [0.717, 1.165) is 15.6 Å². The molecule has 3 aromatic carbocycles. The molecule has 6 nitrogen and oxygen atoms in total. The second kappa shape index (κ2) is 9.77. The van der Waals surface area contributed by atoms with Gasteiger partial charge in [0, 0.05) is 4.47 Å². The zero-order valence-electron chi connectivity index (χ0n) is 16.3. The van der Waals surface area contributed by atoms with Crippen LogP contribution in [0.25, 0.3) is 0 Å². The molecule has 0 saturated carbocycles. The molecule has 1 unspecified atom stereocenters. The van der Waals surface area contributed by atoms with Crippen LogP contribution < -0.4 is 10.1 Å². The van der Waals surface area contributed by atoms with E-state index in [1.807, 2.05) is 60.9 Å². The second-order valence-corrected chi connectivity index (χ2v) is 8.11. The van der Waals surface area contributed by atoms with Crippen molar-refractivity contribution in [2.75, 3.05) is 13.4 Å². The highest BCUT2D eigenvalue weighted by atomic mass is 79.9. The van der Waals surface area contributed by atoms with Crippen molar-refractivity contribution in [3.63, 3.8) is 0 Å². The van der Waals surface area contributed by atoms with Crippen molar-refractivity contribution in [2.24, 2.45) is 0 Å². The average Bonchev–Trinajstić information content (AvgIpc) is 2.77. The number of rotatable bonds is 7. The van der Waals surface area contributed by atoms with Crippen molar-refractivity contribution in [1.29, 1.82) is 0 Å². The summed E-state index contributed by atoms with van der Waals surface area (Å²) in [6.45, 7) is 0. The van der Waals surface area contributed by atoms with Crippen LogP contribution >= 0.6 is 27.7 Å². The van der Waals surface area contributed by atoms with Gasteiger partial charge in [-0.1, -0.05) is 58.4 Å². The van der Waals surface area contributed by atoms with E-state index < -0.39 is 16.9 Å². The number of hydrogen-bond donors (Lipinski definition) is 1. The number of halogens is 1. The van der Waals surface area contributed by atoms with Gasteiger partial charge in [-0.3, -0.25) is 14.9 Å². The molecule has 1 amide bonds. The number of methoxy groups -OCH3 is 1. The van der Waals surface area contributed by atoms with Gasteiger partial charge in [-0.15, -0.1) is 11.8 Å². The molecule has 0 aromatic heterocycles. The van der Waals surface area contributed by atoms with E-state index in [0.29, 0.717) is 10.6 Å². The Morgan fingerprint density at radius 1 is 1.10 bits per heavy atom. The molecular formula is C22H19BrN2O4S. The summed E-state index contributed by atoms with van der Waals surface area (Å²) in [5.74, 6) is -0.172. The Kier molecular flexibility index (Phi) is 7.12. The van der Waals surface area contributed by atoms with E-state index >= 15 is 0 Å². The molecule has 30 heavy (non-hydrogen) atoms. The summed E-state index contributed by atoms with van der Waals surface area (Å²) in [5, 5.41) is 14.6. The predicted molar refractivity (Wildman–Crippen MR) is 121 cm³/mol. The van der Waals surface area contributed by atoms with E-state index in [2.05, 4.69) is 21.2 Å². The number of ether oxygens (including phenoxy) is 1. The van der Waals surface area contributed by atoms with Gasteiger partial charge in [0.2, 0.25) is 0 Å². The third-order valence-electron chi connectivity index (χ3n) is 4.55. The monoisotopic (exact) mass is 486 g/mol. The van der Waals surface area contributed by atoms with Crippen molar-refractivity contribution >= 4 is 39.3 Å². The number of nitrogens with zero attached hydrogens (tertiary/aromatic N) is 1. The fraction of sp³-hybridized carbons (Fsp3) is 0.136. The third-order valence-corrected chi connectivity index (χ3v) is 5.84. The molecule has 0 saturated heterocycles. The summed E-state index contributed by atoms with van der Waals surface area (Å²) in [5.41, 5.74) is 1.42. The van der Waals surface area contributed by atoms with E-state index in [1.165, 1.54) is 31.0 Å². The minimum atomic E-state index is -0.571. The first-order valence-corrected chi connectivity index (χ1v) is 11.0. The first-order valence-electron chi connectivity index (χ1n) is 8.96. The van der Waals surface area contributed by atoms with Crippen LogP contribution in [-0.2, 0) is 0 Å². The Morgan fingerprint density at radius 3 is 2.30 bits per heavy atom. The van der Waals surface area contributed by atoms with Gasteiger partial charge >= 0.3 is 0 Å².